The summed E-state index contributed by atoms with van der Waals surface area (Å²) in [5.41, 5.74) is 5.37. The molecule has 6 heteroatoms. The van der Waals surface area contributed by atoms with Crippen LogP contribution in [0.2, 0.25) is 0 Å². The summed E-state index contributed by atoms with van der Waals surface area (Å²) in [5.74, 6) is -0.686. The SMILES string of the molecule is CCCCOCCOc1cccc(F)c1C(N)=NO. The smallest absolute Gasteiger partial charge is 0.176 e. The van der Waals surface area contributed by atoms with E-state index in [2.05, 4.69) is 12.1 Å². The number of rotatable bonds is 8. The molecule has 19 heavy (non-hydrogen) atoms. The van der Waals surface area contributed by atoms with Gasteiger partial charge in [-0.25, -0.2) is 4.39 Å². The number of halogens is 1. The van der Waals surface area contributed by atoms with E-state index in [0.29, 0.717) is 13.2 Å². The van der Waals surface area contributed by atoms with Gasteiger partial charge in [0, 0.05) is 6.61 Å². The van der Waals surface area contributed by atoms with Gasteiger partial charge in [0.05, 0.1) is 12.2 Å². The Labute approximate surface area is 111 Å². The van der Waals surface area contributed by atoms with E-state index >= 15 is 0 Å². The maximum Gasteiger partial charge on any atom is 0.176 e. The second-order valence-electron chi connectivity index (χ2n) is 3.91. The van der Waals surface area contributed by atoms with Crippen molar-refractivity contribution in [3.8, 4) is 5.75 Å². The molecule has 3 N–H and O–H groups in total. The largest absolute Gasteiger partial charge is 0.490 e. The quantitative estimate of drug-likeness (QED) is 0.249. The van der Waals surface area contributed by atoms with Crippen LogP contribution in [-0.2, 0) is 4.74 Å². The zero-order valence-electron chi connectivity index (χ0n) is 10.9. The number of hydrogen-bond acceptors (Lipinski definition) is 4. The maximum atomic E-state index is 13.6. The van der Waals surface area contributed by atoms with Crippen LogP contribution < -0.4 is 10.5 Å². The highest BCUT2D eigenvalue weighted by Crippen LogP contribution is 2.21. The van der Waals surface area contributed by atoms with Crippen LogP contribution in [0.5, 0.6) is 5.75 Å². The number of nitrogens with two attached hydrogens (primary N) is 1. The lowest BCUT2D eigenvalue weighted by Gasteiger charge is -2.11. The third-order valence-corrected chi connectivity index (χ3v) is 2.47. The zero-order chi connectivity index (χ0) is 14.1. The van der Waals surface area contributed by atoms with Crippen molar-refractivity contribution in [1.82, 2.24) is 0 Å². The molecule has 5 nitrogen and oxygen atoms in total. The first kappa shape index (κ1) is 15.2. The lowest BCUT2D eigenvalue weighted by atomic mass is 10.1. The Kier molecular flexibility index (Phi) is 6.67. The molecule has 1 aromatic rings. The number of benzene rings is 1. The van der Waals surface area contributed by atoms with Crippen molar-refractivity contribution in [3.63, 3.8) is 0 Å². The normalized spacial score (nSPS) is 11.6. The molecule has 0 saturated carbocycles. The first-order chi connectivity index (χ1) is 9.20. The van der Waals surface area contributed by atoms with E-state index in [0.717, 1.165) is 12.8 Å². The molecule has 0 saturated heterocycles. The van der Waals surface area contributed by atoms with Crippen molar-refractivity contribution in [1.29, 1.82) is 0 Å². The van der Waals surface area contributed by atoms with Gasteiger partial charge in [0.15, 0.2) is 5.84 Å². The van der Waals surface area contributed by atoms with Gasteiger partial charge < -0.3 is 20.4 Å². The van der Waals surface area contributed by atoms with Crippen LogP contribution in [-0.4, -0.2) is 30.9 Å². The van der Waals surface area contributed by atoms with Crippen LogP contribution in [0.15, 0.2) is 23.4 Å². The lowest BCUT2D eigenvalue weighted by molar-refractivity contribution is 0.0978. The Morgan fingerprint density at radius 2 is 2.16 bits per heavy atom. The first-order valence-corrected chi connectivity index (χ1v) is 6.17. The van der Waals surface area contributed by atoms with Crippen molar-refractivity contribution in [2.45, 2.75) is 19.8 Å². The van der Waals surface area contributed by atoms with E-state index in [1.807, 2.05) is 0 Å². The molecule has 1 aromatic carbocycles. The Bertz CT molecular complexity index is 424. The average molecular weight is 270 g/mol. The minimum Gasteiger partial charge on any atom is -0.490 e. The monoisotopic (exact) mass is 270 g/mol. The second kappa shape index (κ2) is 8.31. The molecule has 0 aliphatic rings. The topological polar surface area (TPSA) is 77.1 Å². The molecule has 0 aliphatic carbocycles. The van der Waals surface area contributed by atoms with E-state index in [-0.39, 0.29) is 23.8 Å². The summed E-state index contributed by atoms with van der Waals surface area (Å²) in [6.45, 7) is 3.44. The number of amidine groups is 1. The van der Waals surface area contributed by atoms with Gasteiger partial charge in [0.1, 0.15) is 18.2 Å². The molecule has 0 aliphatic heterocycles. The summed E-state index contributed by atoms with van der Waals surface area (Å²) in [6.07, 6.45) is 2.06. The molecule has 0 amide bonds. The van der Waals surface area contributed by atoms with Gasteiger partial charge in [-0.1, -0.05) is 24.6 Å². The second-order valence-corrected chi connectivity index (χ2v) is 3.91. The minimum absolute atomic E-state index is 0.0430. The molecule has 0 heterocycles. The summed E-state index contributed by atoms with van der Waals surface area (Å²) in [4.78, 5) is 0. The highest BCUT2D eigenvalue weighted by atomic mass is 19.1. The summed E-state index contributed by atoms with van der Waals surface area (Å²) < 4.78 is 24.3. The van der Waals surface area contributed by atoms with Gasteiger partial charge in [-0.3, -0.25) is 0 Å². The van der Waals surface area contributed by atoms with Gasteiger partial charge in [0.25, 0.3) is 0 Å². The van der Waals surface area contributed by atoms with Crippen LogP contribution in [0, 0.1) is 5.82 Å². The van der Waals surface area contributed by atoms with E-state index < -0.39 is 5.82 Å². The van der Waals surface area contributed by atoms with Gasteiger partial charge >= 0.3 is 0 Å². The molecule has 0 fully saturated rings. The van der Waals surface area contributed by atoms with E-state index in [9.17, 15) is 4.39 Å². The molecule has 106 valence electrons. The molecular formula is C13H19FN2O3. The fourth-order valence-corrected chi connectivity index (χ4v) is 1.48. The fraction of sp³-hybridized carbons (Fsp3) is 0.462. The standard InChI is InChI=1S/C13H19FN2O3/c1-2-3-7-18-8-9-19-11-6-4-5-10(14)12(11)13(15)16-17/h4-6,17H,2-3,7-9H2,1H3,(H2,15,16). The Morgan fingerprint density at radius 3 is 2.84 bits per heavy atom. The van der Waals surface area contributed by atoms with Crippen LogP contribution in [0.3, 0.4) is 0 Å². The van der Waals surface area contributed by atoms with Crippen LogP contribution in [0.1, 0.15) is 25.3 Å². The zero-order valence-corrected chi connectivity index (χ0v) is 10.9. The molecule has 0 unspecified atom stereocenters. The minimum atomic E-state index is -0.597. The number of hydrogen-bond donors (Lipinski definition) is 2. The summed E-state index contributed by atoms with van der Waals surface area (Å²) in [7, 11) is 0. The van der Waals surface area contributed by atoms with Gasteiger partial charge in [-0.2, -0.15) is 0 Å². The van der Waals surface area contributed by atoms with Gasteiger partial charge in [-0.15, -0.1) is 0 Å². The van der Waals surface area contributed by atoms with Crippen molar-refractivity contribution in [3.05, 3.63) is 29.6 Å². The highest BCUT2D eigenvalue weighted by molar-refractivity contribution is 5.99. The molecule has 0 radical (unpaired) electrons. The Hall–Kier alpha value is -1.82. The van der Waals surface area contributed by atoms with Crippen LogP contribution in [0.4, 0.5) is 4.39 Å². The van der Waals surface area contributed by atoms with Crippen molar-refractivity contribution < 1.29 is 19.1 Å². The fourth-order valence-electron chi connectivity index (χ4n) is 1.48. The maximum absolute atomic E-state index is 13.6. The molecular weight excluding hydrogens is 251 g/mol. The highest BCUT2D eigenvalue weighted by Gasteiger charge is 2.13. The van der Waals surface area contributed by atoms with Crippen molar-refractivity contribution in [2.75, 3.05) is 19.8 Å². The number of unbranched alkanes of at least 4 members (excludes halogenated alkanes) is 1. The van der Waals surface area contributed by atoms with E-state index in [4.69, 9.17) is 20.4 Å². The molecule has 1 rings (SSSR count). The van der Waals surface area contributed by atoms with E-state index in [1.54, 1.807) is 6.07 Å². The van der Waals surface area contributed by atoms with Gasteiger partial charge in [-0.05, 0) is 18.6 Å². The number of nitrogens with zero attached hydrogens (tertiary/aromatic N) is 1. The van der Waals surface area contributed by atoms with Gasteiger partial charge in [0.2, 0.25) is 0 Å². The van der Waals surface area contributed by atoms with Crippen LogP contribution >= 0.6 is 0 Å². The van der Waals surface area contributed by atoms with Crippen molar-refractivity contribution >= 4 is 5.84 Å². The molecule has 0 bridgehead atoms. The van der Waals surface area contributed by atoms with E-state index in [1.165, 1.54) is 12.1 Å². The third kappa shape index (κ3) is 4.75. The number of oxime groups is 1. The predicted molar refractivity (Wildman–Crippen MR) is 70.1 cm³/mol. The summed E-state index contributed by atoms with van der Waals surface area (Å²) in [6, 6.07) is 4.28. The third-order valence-electron chi connectivity index (χ3n) is 2.47. The lowest BCUT2D eigenvalue weighted by Crippen LogP contribution is -2.18. The summed E-state index contributed by atoms with van der Waals surface area (Å²) in [5, 5.41) is 11.4. The molecule has 0 aromatic heterocycles. The summed E-state index contributed by atoms with van der Waals surface area (Å²) >= 11 is 0. The molecule has 0 atom stereocenters. The first-order valence-electron chi connectivity index (χ1n) is 6.17. The Balaban J connectivity index is 2.56. The predicted octanol–water partition coefficient (Wildman–Crippen LogP) is 2.12. The van der Waals surface area contributed by atoms with Crippen molar-refractivity contribution in [2.24, 2.45) is 10.9 Å². The van der Waals surface area contributed by atoms with Crippen LogP contribution in [0.25, 0.3) is 0 Å². The average Bonchev–Trinajstić information content (AvgIpc) is 2.42. The Morgan fingerprint density at radius 1 is 1.37 bits per heavy atom. The molecule has 0 spiro atoms. The number of ether oxygens (including phenoxy) is 2.